The zero-order valence-electron chi connectivity index (χ0n) is 4.07. The molecule has 0 amide bonds. The van der Waals surface area contributed by atoms with Gasteiger partial charge in [-0.1, -0.05) is 0 Å². The highest BCUT2D eigenvalue weighted by Crippen LogP contribution is 2.46. The molecule has 9 heavy (non-hydrogen) atoms. The molecule has 1 aliphatic heterocycles. The molecule has 0 aromatic carbocycles. The fourth-order valence-corrected chi connectivity index (χ4v) is 1.76. The van der Waals surface area contributed by atoms with Crippen molar-refractivity contribution in [2.24, 2.45) is 0 Å². The Morgan fingerprint density at radius 1 is 1.22 bits per heavy atom. The van der Waals surface area contributed by atoms with E-state index in [0.29, 0.717) is 0 Å². The van der Waals surface area contributed by atoms with Crippen molar-refractivity contribution < 1.29 is 27.6 Å². The maximum atomic E-state index is 10.2. The third-order valence-electron chi connectivity index (χ3n) is 0.561. The fourth-order valence-electron chi connectivity index (χ4n) is 0.305. The van der Waals surface area contributed by atoms with Gasteiger partial charge >= 0.3 is 16.5 Å². The summed E-state index contributed by atoms with van der Waals surface area (Å²) in [7, 11) is -5.57. The summed E-state index contributed by atoms with van der Waals surface area (Å²) in [6.07, 6.45) is 0. The molecule has 1 heterocycles. The van der Waals surface area contributed by atoms with Gasteiger partial charge in [0.1, 0.15) is 0 Å². The zero-order chi connectivity index (χ0) is 6.85. The lowest BCUT2D eigenvalue weighted by Gasteiger charge is -2.16. The molecule has 8 heteroatoms. The highest BCUT2D eigenvalue weighted by Gasteiger charge is 2.21. The average Bonchev–Trinajstić information content (AvgIpc) is 1.59. The van der Waals surface area contributed by atoms with Gasteiger partial charge in [-0.2, -0.15) is 0 Å². The average molecular weight is 174 g/mol. The van der Waals surface area contributed by atoms with Gasteiger partial charge in [0.15, 0.2) is 0 Å². The smallest absolute Gasteiger partial charge is 0.330 e. The first-order valence-corrected chi connectivity index (χ1v) is 4.40. The van der Waals surface area contributed by atoms with E-state index < -0.39 is 23.0 Å². The first kappa shape index (κ1) is 7.41. The van der Waals surface area contributed by atoms with Crippen LogP contribution in [0.4, 0.5) is 0 Å². The Labute approximate surface area is 51.6 Å². The molecule has 0 saturated carbocycles. The normalized spacial score (nSPS) is 44.8. The summed E-state index contributed by atoms with van der Waals surface area (Å²) in [4.78, 5) is 0. The van der Waals surface area contributed by atoms with Crippen LogP contribution < -0.4 is 0 Å². The summed E-state index contributed by atoms with van der Waals surface area (Å²) >= 11 is 0. The molecule has 0 spiro atoms. The molecule has 0 aromatic rings. The number of rotatable bonds is 0. The second-order valence-electron chi connectivity index (χ2n) is 1.14. The van der Waals surface area contributed by atoms with E-state index in [1.54, 1.807) is 0 Å². The second kappa shape index (κ2) is 2.92. The molecule has 0 aromatic heterocycles. The Hall–Kier alpha value is 0.300. The summed E-state index contributed by atoms with van der Waals surface area (Å²) in [6.45, 7) is -1.67. The summed E-state index contributed by atoms with van der Waals surface area (Å²) in [5, 5.41) is 8.38. The Morgan fingerprint density at radius 2 is 1.67 bits per heavy atom. The van der Waals surface area contributed by atoms with Gasteiger partial charge in [-0.3, -0.25) is 18.2 Å². The van der Waals surface area contributed by atoms with Crippen molar-refractivity contribution in [3.63, 3.8) is 0 Å². The summed E-state index contributed by atoms with van der Waals surface area (Å²) in [6, 6.07) is 0. The third kappa shape index (κ3) is 2.18. The molecule has 1 rings (SSSR count). The first-order chi connectivity index (χ1) is 4.18. The minimum absolute atomic E-state index is 1.67. The van der Waals surface area contributed by atoms with Gasteiger partial charge in [-0.15, -0.1) is 0 Å². The summed E-state index contributed by atoms with van der Waals surface area (Å²) in [5.41, 5.74) is 0. The third-order valence-corrected chi connectivity index (χ3v) is 2.68. The predicted octanol–water partition coefficient (Wildman–Crippen LogP) is 0.105. The van der Waals surface area contributed by atoms with Gasteiger partial charge in [0, 0.05) is 0 Å². The molecule has 1 N–H and O–H groups in total. The van der Waals surface area contributed by atoms with Crippen LogP contribution in [0.1, 0.15) is 0 Å². The molecule has 0 radical (unpaired) electrons. The zero-order valence-corrected chi connectivity index (χ0v) is 6.07. The van der Waals surface area contributed by atoms with E-state index in [1.807, 2.05) is 0 Å². The van der Waals surface area contributed by atoms with Crippen LogP contribution in [-0.4, -0.2) is 11.6 Å². The van der Waals surface area contributed by atoms with Gasteiger partial charge in [-0.25, -0.2) is 4.31 Å². The largest absolute Gasteiger partial charge is 0.345 e. The highest BCUT2D eigenvalue weighted by atomic mass is 31.2. The lowest BCUT2D eigenvalue weighted by molar-refractivity contribution is -0.170. The van der Waals surface area contributed by atoms with E-state index in [0.717, 1.165) is 0 Å². The molecule has 0 bridgehead atoms. The van der Waals surface area contributed by atoms with Gasteiger partial charge in [-0.05, 0) is 0 Å². The van der Waals surface area contributed by atoms with Crippen LogP contribution in [-0.2, 0) is 22.5 Å². The minimum atomic E-state index is -2.78. The SMILES string of the molecule is O=[PH]1OC(O)O[PH](=O)O1. The van der Waals surface area contributed by atoms with Gasteiger partial charge < -0.3 is 5.11 Å². The molecule has 0 aliphatic carbocycles. The van der Waals surface area contributed by atoms with Crippen LogP contribution in [0, 0.1) is 0 Å². The van der Waals surface area contributed by atoms with Gasteiger partial charge in [0.05, 0.1) is 0 Å². The van der Waals surface area contributed by atoms with Gasteiger partial charge in [0.25, 0.3) is 6.48 Å². The number of aliphatic hydroxyl groups excluding tert-OH is 1. The summed E-state index contributed by atoms with van der Waals surface area (Å²) in [5.74, 6) is 0. The Bertz CT molecular complexity index is 137. The monoisotopic (exact) mass is 174 g/mol. The Balaban J connectivity index is 2.53. The van der Waals surface area contributed by atoms with Crippen LogP contribution in [0.25, 0.3) is 0 Å². The van der Waals surface area contributed by atoms with Crippen LogP contribution in [0.3, 0.4) is 0 Å². The van der Waals surface area contributed by atoms with E-state index >= 15 is 0 Å². The number of aliphatic hydroxyl groups is 1. The lowest BCUT2D eigenvalue weighted by atomic mass is 11.4. The topological polar surface area (TPSA) is 82.1 Å². The van der Waals surface area contributed by atoms with Crippen molar-refractivity contribution >= 4 is 16.5 Å². The maximum absolute atomic E-state index is 10.2. The number of hydrogen-bond acceptors (Lipinski definition) is 6. The highest BCUT2D eigenvalue weighted by molar-refractivity contribution is 7.48. The molecule has 2 atom stereocenters. The van der Waals surface area contributed by atoms with Crippen LogP contribution in [0.15, 0.2) is 0 Å². The van der Waals surface area contributed by atoms with Crippen molar-refractivity contribution in [3.8, 4) is 0 Å². The summed E-state index contributed by atoms with van der Waals surface area (Å²) < 4.78 is 32.5. The van der Waals surface area contributed by atoms with E-state index in [-0.39, 0.29) is 0 Å². The standard InChI is InChI=1S/CH4O6P2/c2-1-5-8(3)7-9(4)6-1/h1-2,8-9H. The molecular weight excluding hydrogens is 170 g/mol. The van der Waals surface area contributed by atoms with Crippen LogP contribution in [0.2, 0.25) is 0 Å². The van der Waals surface area contributed by atoms with Crippen LogP contribution >= 0.6 is 16.5 Å². The van der Waals surface area contributed by atoms with E-state index in [9.17, 15) is 9.13 Å². The van der Waals surface area contributed by atoms with E-state index in [1.165, 1.54) is 0 Å². The molecule has 54 valence electrons. The van der Waals surface area contributed by atoms with Crippen molar-refractivity contribution in [3.05, 3.63) is 0 Å². The maximum Gasteiger partial charge on any atom is 0.330 e. The quantitative estimate of drug-likeness (QED) is 0.524. The molecule has 1 saturated heterocycles. The number of hydrogen-bond donors (Lipinski definition) is 1. The van der Waals surface area contributed by atoms with Crippen molar-refractivity contribution in [1.82, 2.24) is 0 Å². The van der Waals surface area contributed by atoms with Crippen molar-refractivity contribution in [2.45, 2.75) is 6.48 Å². The first-order valence-electron chi connectivity index (χ1n) is 1.95. The Kier molecular flexibility index (Phi) is 2.41. The van der Waals surface area contributed by atoms with E-state index in [2.05, 4.69) is 13.4 Å². The van der Waals surface area contributed by atoms with Crippen LogP contribution in [0.5, 0.6) is 0 Å². The van der Waals surface area contributed by atoms with E-state index in [4.69, 9.17) is 5.11 Å². The fraction of sp³-hybridized carbons (Fsp3) is 1.00. The Morgan fingerprint density at radius 3 is 2.00 bits per heavy atom. The lowest BCUT2D eigenvalue weighted by Crippen LogP contribution is -2.11. The molecule has 1 aliphatic rings. The molecule has 2 unspecified atom stereocenters. The van der Waals surface area contributed by atoms with Crippen molar-refractivity contribution in [2.75, 3.05) is 0 Å². The molecular formula is CH4O6P2. The molecule has 1 fully saturated rings. The minimum Gasteiger partial charge on any atom is -0.345 e. The predicted molar refractivity (Wildman–Crippen MR) is 27.3 cm³/mol. The van der Waals surface area contributed by atoms with Gasteiger partial charge in [0.2, 0.25) is 0 Å². The van der Waals surface area contributed by atoms with Crippen molar-refractivity contribution in [1.29, 1.82) is 0 Å². The molecule has 6 nitrogen and oxygen atoms in total. The second-order valence-corrected chi connectivity index (χ2v) is 3.43.